The topological polar surface area (TPSA) is 80.5 Å². The van der Waals surface area contributed by atoms with E-state index in [4.69, 9.17) is 5.14 Å². The lowest BCUT2D eigenvalue weighted by Gasteiger charge is -2.19. The standard InChI is InChI=1S/C15H24N2O3S/c1-5-6-7-8-17(4)15(18)14-10-13(21(16,19)20)9-11(2)12(14)3/h9-10H,5-8H2,1-4H3,(H2,16,19,20). The van der Waals surface area contributed by atoms with Crippen molar-refractivity contribution in [1.29, 1.82) is 0 Å². The molecule has 0 saturated heterocycles. The van der Waals surface area contributed by atoms with Crippen LogP contribution in [0, 0.1) is 13.8 Å². The molecular weight excluding hydrogens is 288 g/mol. The van der Waals surface area contributed by atoms with Gasteiger partial charge in [-0.05, 0) is 43.5 Å². The zero-order valence-corrected chi connectivity index (χ0v) is 14.0. The molecule has 0 heterocycles. The van der Waals surface area contributed by atoms with Crippen LogP contribution in [-0.2, 0) is 10.0 Å². The van der Waals surface area contributed by atoms with Crippen molar-refractivity contribution in [2.45, 2.75) is 44.9 Å². The normalized spacial score (nSPS) is 11.5. The molecule has 0 unspecified atom stereocenters. The maximum atomic E-state index is 12.5. The van der Waals surface area contributed by atoms with E-state index in [9.17, 15) is 13.2 Å². The van der Waals surface area contributed by atoms with Gasteiger partial charge in [0, 0.05) is 19.2 Å². The summed E-state index contributed by atoms with van der Waals surface area (Å²) in [6, 6.07) is 2.87. The summed E-state index contributed by atoms with van der Waals surface area (Å²) in [5, 5.41) is 5.17. The molecular formula is C15H24N2O3S. The summed E-state index contributed by atoms with van der Waals surface area (Å²) in [4.78, 5) is 14.1. The third-order valence-electron chi connectivity index (χ3n) is 3.64. The van der Waals surface area contributed by atoms with Crippen molar-refractivity contribution in [1.82, 2.24) is 4.90 Å². The minimum absolute atomic E-state index is 0.0177. The molecule has 118 valence electrons. The Balaban J connectivity index is 3.11. The van der Waals surface area contributed by atoms with Gasteiger partial charge in [0.25, 0.3) is 5.91 Å². The first-order valence-corrected chi connectivity index (χ1v) is 8.62. The summed E-state index contributed by atoms with van der Waals surface area (Å²) in [6.45, 7) is 6.35. The van der Waals surface area contributed by atoms with Gasteiger partial charge in [-0.2, -0.15) is 0 Å². The van der Waals surface area contributed by atoms with E-state index in [1.54, 1.807) is 18.9 Å². The molecule has 2 N–H and O–H groups in total. The Morgan fingerprint density at radius 3 is 2.38 bits per heavy atom. The van der Waals surface area contributed by atoms with Crippen molar-refractivity contribution < 1.29 is 13.2 Å². The number of benzene rings is 1. The third-order valence-corrected chi connectivity index (χ3v) is 4.54. The molecule has 21 heavy (non-hydrogen) atoms. The lowest BCUT2D eigenvalue weighted by Crippen LogP contribution is -2.29. The molecule has 0 aliphatic heterocycles. The Morgan fingerprint density at radius 1 is 1.24 bits per heavy atom. The number of nitrogens with zero attached hydrogens (tertiary/aromatic N) is 1. The quantitative estimate of drug-likeness (QED) is 0.818. The number of carbonyl (C=O) groups excluding carboxylic acids is 1. The summed E-state index contributed by atoms with van der Waals surface area (Å²) in [7, 11) is -2.08. The predicted molar refractivity (Wildman–Crippen MR) is 83.8 cm³/mol. The van der Waals surface area contributed by atoms with Crippen LogP contribution in [0.4, 0.5) is 0 Å². The summed E-state index contributed by atoms with van der Waals surface area (Å²) in [5.41, 5.74) is 1.93. The van der Waals surface area contributed by atoms with Gasteiger partial charge >= 0.3 is 0 Å². The molecule has 0 aliphatic rings. The Morgan fingerprint density at radius 2 is 1.86 bits per heavy atom. The highest BCUT2D eigenvalue weighted by molar-refractivity contribution is 7.89. The Kier molecular flexibility index (Phi) is 5.92. The molecule has 0 fully saturated rings. The molecule has 0 bridgehead atoms. The van der Waals surface area contributed by atoms with Crippen LogP contribution in [0.3, 0.4) is 0 Å². The lowest BCUT2D eigenvalue weighted by atomic mass is 10.0. The van der Waals surface area contributed by atoms with E-state index in [0.29, 0.717) is 12.1 Å². The number of unbranched alkanes of at least 4 members (excludes halogenated alkanes) is 2. The average Bonchev–Trinajstić information content (AvgIpc) is 2.39. The largest absolute Gasteiger partial charge is 0.342 e. The van der Waals surface area contributed by atoms with Gasteiger partial charge < -0.3 is 4.90 Å². The highest BCUT2D eigenvalue weighted by Gasteiger charge is 2.19. The Bertz CT molecular complexity index is 624. The number of primary sulfonamides is 1. The van der Waals surface area contributed by atoms with Crippen molar-refractivity contribution in [2.75, 3.05) is 13.6 Å². The van der Waals surface area contributed by atoms with Crippen LogP contribution in [0.25, 0.3) is 0 Å². The number of aryl methyl sites for hydroxylation is 1. The van der Waals surface area contributed by atoms with E-state index in [1.807, 2.05) is 6.92 Å². The van der Waals surface area contributed by atoms with Crippen molar-refractivity contribution in [3.63, 3.8) is 0 Å². The van der Waals surface area contributed by atoms with E-state index in [0.717, 1.165) is 30.4 Å². The van der Waals surface area contributed by atoms with Crippen LogP contribution in [0.2, 0.25) is 0 Å². The van der Waals surface area contributed by atoms with Crippen LogP contribution in [0.1, 0.15) is 47.7 Å². The monoisotopic (exact) mass is 312 g/mol. The highest BCUT2D eigenvalue weighted by atomic mass is 32.2. The fourth-order valence-electron chi connectivity index (χ4n) is 2.12. The zero-order chi connectivity index (χ0) is 16.2. The molecule has 0 radical (unpaired) electrons. The molecule has 1 aromatic rings. The predicted octanol–water partition coefficient (Wildman–Crippen LogP) is 2.21. The Hall–Kier alpha value is -1.40. The molecule has 0 saturated carbocycles. The minimum Gasteiger partial charge on any atom is -0.342 e. The minimum atomic E-state index is -3.82. The smallest absolute Gasteiger partial charge is 0.253 e. The number of rotatable bonds is 6. The van der Waals surface area contributed by atoms with Crippen LogP contribution >= 0.6 is 0 Å². The van der Waals surface area contributed by atoms with E-state index in [1.165, 1.54) is 12.1 Å². The highest BCUT2D eigenvalue weighted by Crippen LogP contribution is 2.20. The van der Waals surface area contributed by atoms with Crippen LogP contribution in [-0.4, -0.2) is 32.8 Å². The van der Waals surface area contributed by atoms with Crippen molar-refractivity contribution in [2.24, 2.45) is 5.14 Å². The van der Waals surface area contributed by atoms with E-state index in [2.05, 4.69) is 6.92 Å². The molecule has 0 aromatic heterocycles. The van der Waals surface area contributed by atoms with Crippen LogP contribution < -0.4 is 5.14 Å². The van der Waals surface area contributed by atoms with Crippen molar-refractivity contribution in [3.05, 3.63) is 28.8 Å². The van der Waals surface area contributed by atoms with Gasteiger partial charge in [-0.1, -0.05) is 19.8 Å². The van der Waals surface area contributed by atoms with Crippen molar-refractivity contribution >= 4 is 15.9 Å². The molecule has 5 nitrogen and oxygen atoms in total. The molecule has 1 amide bonds. The number of hydrogen-bond donors (Lipinski definition) is 1. The molecule has 0 aliphatic carbocycles. The maximum absolute atomic E-state index is 12.5. The molecule has 6 heteroatoms. The summed E-state index contributed by atoms with van der Waals surface area (Å²) >= 11 is 0. The van der Waals surface area contributed by atoms with Gasteiger partial charge in [-0.3, -0.25) is 4.79 Å². The fraction of sp³-hybridized carbons (Fsp3) is 0.533. The second kappa shape index (κ2) is 7.04. The third kappa shape index (κ3) is 4.54. The maximum Gasteiger partial charge on any atom is 0.253 e. The van der Waals surface area contributed by atoms with Gasteiger partial charge in [0.2, 0.25) is 10.0 Å². The lowest BCUT2D eigenvalue weighted by molar-refractivity contribution is 0.0791. The average molecular weight is 312 g/mol. The second-order valence-corrected chi connectivity index (χ2v) is 6.95. The summed E-state index contributed by atoms with van der Waals surface area (Å²) in [6.07, 6.45) is 3.08. The second-order valence-electron chi connectivity index (χ2n) is 5.39. The first-order valence-electron chi connectivity index (χ1n) is 7.08. The Labute approximate surface area is 127 Å². The number of carbonyl (C=O) groups is 1. The van der Waals surface area contributed by atoms with Gasteiger partial charge in [0.1, 0.15) is 0 Å². The number of amides is 1. The summed E-state index contributed by atoms with van der Waals surface area (Å²) < 4.78 is 23.0. The van der Waals surface area contributed by atoms with Gasteiger partial charge in [-0.25, -0.2) is 13.6 Å². The van der Waals surface area contributed by atoms with E-state index >= 15 is 0 Å². The molecule has 1 aromatic carbocycles. The van der Waals surface area contributed by atoms with Gasteiger partial charge in [0.15, 0.2) is 0 Å². The van der Waals surface area contributed by atoms with Gasteiger partial charge in [0.05, 0.1) is 4.90 Å². The number of hydrogen-bond acceptors (Lipinski definition) is 3. The van der Waals surface area contributed by atoms with Gasteiger partial charge in [-0.15, -0.1) is 0 Å². The zero-order valence-electron chi connectivity index (χ0n) is 13.1. The van der Waals surface area contributed by atoms with E-state index < -0.39 is 10.0 Å². The molecule has 1 rings (SSSR count). The molecule has 0 atom stereocenters. The van der Waals surface area contributed by atoms with E-state index in [-0.39, 0.29) is 10.8 Å². The van der Waals surface area contributed by atoms with Crippen LogP contribution in [0.5, 0.6) is 0 Å². The first kappa shape index (κ1) is 17.7. The SMILES string of the molecule is CCCCCN(C)C(=O)c1cc(S(N)(=O)=O)cc(C)c1C. The van der Waals surface area contributed by atoms with Crippen LogP contribution in [0.15, 0.2) is 17.0 Å². The molecule has 0 spiro atoms. The number of sulfonamides is 1. The van der Waals surface area contributed by atoms with Crippen molar-refractivity contribution in [3.8, 4) is 0 Å². The number of nitrogens with two attached hydrogens (primary N) is 1. The fourth-order valence-corrected chi connectivity index (χ4v) is 2.74. The first-order chi connectivity index (χ1) is 9.68. The summed E-state index contributed by atoms with van der Waals surface area (Å²) in [5.74, 6) is -0.169.